The molecule has 0 atom stereocenters. The van der Waals surface area contributed by atoms with Crippen LogP contribution in [0.1, 0.15) is 15.9 Å². The lowest BCUT2D eigenvalue weighted by Crippen LogP contribution is -2.23. The number of alkyl halides is 3. The predicted molar refractivity (Wildman–Crippen MR) is 99.8 cm³/mol. The number of halogens is 4. The molecule has 2 aromatic carbocycles. The highest BCUT2D eigenvalue weighted by Crippen LogP contribution is 2.36. The number of nitro groups is 1. The topological polar surface area (TPSA) is 73.1 Å². The van der Waals surface area contributed by atoms with Crippen molar-refractivity contribution in [3.8, 4) is 0 Å². The molecule has 0 saturated heterocycles. The van der Waals surface area contributed by atoms with Gasteiger partial charge < -0.3 is 0 Å². The maximum atomic E-state index is 13.0. The Kier molecular flexibility index (Phi) is 5.57. The zero-order valence-corrected chi connectivity index (χ0v) is 15.4. The zero-order chi connectivity index (χ0) is 20.5. The van der Waals surface area contributed by atoms with E-state index in [4.69, 9.17) is 11.6 Å². The number of nitro benzene ring substituents is 1. The standard InChI is InChI=1S/C18H10ClF3N2O3S/c19-11-3-6-13-15(7-11)23-8-14(17(25)18(20,21)22)16(13)28-9-10-1-4-12(5-2-10)24(26)27/h1-8H,9H2. The minimum absolute atomic E-state index is 0.0920. The molecule has 10 heteroatoms. The van der Waals surface area contributed by atoms with E-state index in [0.717, 1.165) is 18.0 Å². The Balaban J connectivity index is 2.01. The molecule has 3 rings (SSSR count). The molecule has 0 spiro atoms. The highest BCUT2D eigenvalue weighted by molar-refractivity contribution is 7.98. The van der Waals surface area contributed by atoms with Gasteiger partial charge in [-0.3, -0.25) is 19.9 Å². The minimum Gasteiger partial charge on any atom is -0.284 e. The Morgan fingerprint density at radius 2 is 1.86 bits per heavy atom. The van der Waals surface area contributed by atoms with Crippen molar-refractivity contribution >= 4 is 45.7 Å². The van der Waals surface area contributed by atoms with Gasteiger partial charge in [-0.05, 0) is 17.7 Å². The zero-order valence-electron chi connectivity index (χ0n) is 13.9. The van der Waals surface area contributed by atoms with Crippen LogP contribution in [0.15, 0.2) is 53.6 Å². The summed E-state index contributed by atoms with van der Waals surface area (Å²) in [4.78, 5) is 26.1. The van der Waals surface area contributed by atoms with Crippen LogP contribution in [0.5, 0.6) is 0 Å². The molecule has 0 bridgehead atoms. The molecular weight excluding hydrogens is 417 g/mol. The van der Waals surface area contributed by atoms with Crippen molar-refractivity contribution < 1.29 is 22.9 Å². The van der Waals surface area contributed by atoms with Crippen LogP contribution in [0.25, 0.3) is 10.9 Å². The Hall–Kier alpha value is -2.65. The average Bonchev–Trinajstić information content (AvgIpc) is 2.64. The molecule has 0 aliphatic rings. The average molecular weight is 427 g/mol. The second kappa shape index (κ2) is 7.76. The number of carbonyl (C=O) groups is 1. The van der Waals surface area contributed by atoms with Crippen LogP contribution in [-0.2, 0) is 5.75 Å². The fourth-order valence-corrected chi connectivity index (χ4v) is 3.78. The van der Waals surface area contributed by atoms with Gasteiger partial charge in [-0.25, -0.2) is 0 Å². The van der Waals surface area contributed by atoms with Crippen molar-refractivity contribution in [1.29, 1.82) is 0 Å². The molecule has 0 N–H and O–H groups in total. The summed E-state index contributed by atoms with van der Waals surface area (Å²) in [5, 5.41) is 11.4. The molecule has 0 aliphatic heterocycles. The number of pyridine rings is 1. The minimum atomic E-state index is -5.04. The van der Waals surface area contributed by atoms with Crippen molar-refractivity contribution in [3.63, 3.8) is 0 Å². The normalized spacial score (nSPS) is 11.6. The summed E-state index contributed by atoms with van der Waals surface area (Å²) >= 11 is 6.93. The molecule has 0 unspecified atom stereocenters. The number of hydrogen-bond acceptors (Lipinski definition) is 5. The maximum Gasteiger partial charge on any atom is 0.454 e. The van der Waals surface area contributed by atoms with Crippen LogP contribution in [0.3, 0.4) is 0 Å². The summed E-state index contributed by atoms with van der Waals surface area (Å²) in [6.45, 7) is 0. The lowest BCUT2D eigenvalue weighted by molar-refractivity contribution is -0.384. The van der Waals surface area contributed by atoms with Crippen molar-refractivity contribution in [2.75, 3.05) is 0 Å². The van der Waals surface area contributed by atoms with Gasteiger partial charge in [0, 0.05) is 39.4 Å². The van der Waals surface area contributed by atoms with E-state index in [0.29, 0.717) is 21.5 Å². The summed E-state index contributed by atoms with van der Waals surface area (Å²) in [6.07, 6.45) is -4.14. The Morgan fingerprint density at radius 1 is 1.18 bits per heavy atom. The summed E-state index contributed by atoms with van der Waals surface area (Å²) < 4.78 is 39.0. The van der Waals surface area contributed by atoms with Gasteiger partial charge in [0.05, 0.1) is 16.0 Å². The van der Waals surface area contributed by atoms with Crippen molar-refractivity contribution in [3.05, 3.63) is 74.9 Å². The molecule has 0 amide bonds. The Labute approximate surface area is 165 Å². The number of aromatic nitrogens is 1. The fraction of sp³-hybridized carbons (Fsp3) is 0.111. The number of rotatable bonds is 5. The monoisotopic (exact) mass is 426 g/mol. The van der Waals surface area contributed by atoms with Crippen LogP contribution >= 0.6 is 23.4 Å². The number of benzene rings is 2. The van der Waals surface area contributed by atoms with E-state index in [-0.39, 0.29) is 16.3 Å². The van der Waals surface area contributed by atoms with Gasteiger partial charge in [-0.1, -0.05) is 29.8 Å². The van der Waals surface area contributed by atoms with Gasteiger partial charge in [0.2, 0.25) is 0 Å². The number of nitrogens with zero attached hydrogens (tertiary/aromatic N) is 2. The van der Waals surface area contributed by atoms with E-state index in [2.05, 4.69) is 4.98 Å². The van der Waals surface area contributed by atoms with Gasteiger partial charge in [0.1, 0.15) is 0 Å². The fourth-order valence-electron chi connectivity index (χ4n) is 2.48. The number of Topliss-reactive ketones (excluding diaryl/α,β-unsaturated/α-hetero) is 1. The van der Waals surface area contributed by atoms with Crippen molar-refractivity contribution in [1.82, 2.24) is 4.98 Å². The highest BCUT2D eigenvalue weighted by atomic mass is 35.5. The third kappa shape index (κ3) is 4.26. The van der Waals surface area contributed by atoms with Crippen LogP contribution < -0.4 is 0 Å². The summed E-state index contributed by atoms with van der Waals surface area (Å²) in [5.74, 6) is -1.78. The van der Waals surface area contributed by atoms with Crippen LogP contribution in [0, 0.1) is 10.1 Å². The first-order chi connectivity index (χ1) is 13.2. The molecule has 1 heterocycles. The van der Waals surface area contributed by atoms with E-state index in [9.17, 15) is 28.1 Å². The Morgan fingerprint density at radius 3 is 2.46 bits per heavy atom. The van der Waals surface area contributed by atoms with Gasteiger partial charge >= 0.3 is 6.18 Å². The molecule has 1 aromatic heterocycles. The second-order valence-electron chi connectivity index (χ2n) is 5.70. The van der Waals surface area contributed by atoms with E-state index >= 15 is 0 Å². The van der Waals surface area contributed by atoms with E-state index in [1.54, 1.807) is 0 Å². The maximum absolute atomic E-state index is 13.0. The summed E-state index contributed by atoms with van der Waals surface area (Å²) in [6, 6.07) is 10.1. The molecular formula is C18H10ClF3N2O3S. The SMILES string of the molecule is O=C(c1cnc2cc(Cl)ccc2c1SCc1ccc([N+](=O)[O-])cc1)C(F)(F)F. The van der Waals surface area contributed by atoms with Gasteiger partial charge in [-0.2, -0.15) is 13.2 Å². The highest BCUT2D eigenvalue weighted by Gasteiger charge is 2.41. The molecule has 3 aromatic rings. The van der Waals surface area contributed by atoms with E-state index < -0.39 is 22.4 Å². The van der Waals surface area contributed by atoms with Crippen LogP contribution in [-0.4, -0.2) is 21.9 Å². The number of thioether (sulfide) groups is 1. The molecule has 28 heavy (non-hydrogen) atoms. The van der Waals surface area contributed by atoms with Gasteiger partial charge in [0.15, 0.2) is 0 Å². The van der Waals surface area contributed by atoms with Crippen molar-refractivity contribution in [2.45, 2.75) is 16.8 Å². The molecule has 0 aliphatic carbocycles. The third-order valence-corrected chi connectivity index (χ3v) is 5.26. The number of non-ortho nitro benzene ring substituents is 1. The number of fused-ring (bicyclic) bond motifs is 1. The molecule has 0 radical (unpaired) electrons. The van der Waals surface area contributed by atoms with Gasteiger partial charge in [-0.15, -0.1) is 11.8 Å². The second-order valence-corrected chi connectivity index (χ2v) is 7.12. The summed E-state index contributed by atoms with van der Waals surface area (Å²) in [5.41, 5.74) is 0.372. The van der Waals surface area contributed by atoms with Crippen LogP contribution in [0.2, 0.25) is 5.02 Å². The molecule has 0 fully saturated rings. The Bertz CT molecular complexity index is 1070. The number of hydrogen-bond donors (Lipinski definition) is 0. The van der Waals surface area contributed by atoms with E-state index in [1.165, 1.54) is 42.5 Å². The summed E-state index contributed by atoms with van der Waals surface area (Å²) in [7, 11) is 0. The lowest BCUT2D eigenvalue weighted by Gasteiger charge is -2.13. The first-order valence-corrected chi connectivity index (χ1v) is 9.09. The number of ketones is 1. The first kappa shape index (κ1) is 20.1. The molecule has 5 nitrogen and oxygen atoms in total. The smallest absolute Gasteiger partial charge is 0.284 e. The first-order valence-electron chi connectivity index (χ1n) is 7.73. The quantitative estimate of drug-likeness (QED) is 0.222. The van der Waals surface area contributed by atoms with Crippen LogP contribution in [0.4, 0.5) is 18.9 Å². The molecule has 0 saturated carbocycles. The number of carbonyl (C=O) groups excluding carboxylic acids is 1. The van der Waals surface area contributed by atoms with E-state index in [1.807, 2.05) is 0 Å². The largest absolute Gasteiger partial charge is 0.454 e. The van der Waals surface area contributed by atoms with Gasteiger partial charge in [0.25, 0.3) is 11.5 Å². The predicted octanol–water partition coefficient (Wildman–Crippen LogP) is 5.83. The lowest BCUT2D eigenvalue weighted by atomic mass is 10.1. The molecule has 144 valence electrons. The third-order valence-electron chi connectivity index (χ3n) is 3.81. The van der Waals surface area contributed by atoms with Crippen molar-refractivity contribution in [2.24, 2.45) is 0 Å².